The van der Waals surface area contributed by atoms with E-state index in [4.69, 9.17) is 11.6 Å². The van der Waals surface area contributed by atoms with Gasteiger partial charge in [-0.15, -0.1) is 11.3 Å². The molecular formula is C19H14ClN3O2S. The van der Waals surface area contributed by atoms with Gasteiger partial charge in [0.05, 0.1) is 23.4 Å². The van der Waals surface area contributed by atoms with Gasteiger partial charge in [-0.05, 0) is 30.7 Å². The van der Waals surface area contributed by atoms with E-state index in [-0.39, 0.29) is 11.8 Å². The standard InChI is InChI=1S/C19H14ClN3O2S/c1-11-5-2-3-8-15(11)23-17(24)13-6-4-7-14(16(13)18(23)25)21-9-12-10-22-19(20)26-12/h2-8,10,21H,9H2,1H3. The number of rotatable bonds is 4. The topological polar surface area (TPSA) is 62.3 Å². The Kier molecular flexibility index (Phi) is 4.22. The van der Waals surface area contributed by atoms with Crippen molar-refractivity contribution < 1.29 is 9.59 Å². The Bertz CT molecular complexity index is 1030. The Morgan fingerprint density at radius 3 is 2.65 bits per heavy atom. The van der Waals surface area contributed by atoms with Crippen molar-refractivity contribution in [3.63, 3.8) is 0 Å². The molecule has 130 valence electrons. The van der Waals surface area contributed by atoms with E-state index in [0.29, 0.717) is 33.5 Å². The molecule has 1 aliphatic rings. The monoisotopic (exact) mass is 383 g/mol. The van der Waals surface area contributed by atoms with Crippen molar-refractivity contribution in [2.45, 2.75) is 13.5 Å². The lowest BCUT2D eigenvalue weighted by Crippen LogP contribution is -2.30. The number of benzene rings is 2. The second kappa shape index (κ2) is 6.55. The Hall–Kier alpha value is -2.70. The summed E-state index contributed by atoms with van der Waals surface area (Å²) < 4.78 is 0.470. The number of hydrogen-bond acceptors (Lipinski definition) is 5. The summed E-state index contributed by atoms with van der Waals surface area (Å²) in [5.41, 5.74) is 2.91. The third-order valence-corrected chi connectivity index (χ3v) is 5.36. The Morgan fingerprint density at radius 1 is 1.12 bits per heavy atom. The molecule has 0 aliphatic carbocycles. The van der Waals surface area contributed by atoms with Gasteiger partial charge in [-0.3, -0.25) is 9.59 Å². The SMILES string of the molecule is Cc1ccccc1N1C(=O)c2cccc(NCc3cnc(Cl)s3)c2C1=O. The summed E-state index contributed by atoms with van der Waals surface area (Å²) in [5.74, 6) is -0.617. The van der Waals surface area contributed by atoms with Gasteiger partial charge in [0.25, 0.3) is 11.8 Å². The maximum Gasteiger partial charge on any atom is 0.268 e. The lowest BCUT2D eigenvalue weighted by Gasteiger charge is -2.16. The average Bonchev–Trinajstić information content (AvgIpc) is 3.16. The molecular weight excluding hydrogens is 370 g/mol. The van der Waals surface area contributed by atoms with E-state index in [0.717, 1.165) is 10.4 Å². The number of anilines is 2. The van der Waals surface area contributed by atoms with Crippen LogP contribution in [0.15, 0.2) is 48.7 Å². The molecule has 0 saturated heterocycles. The summed E-state index contributed by atoms with van der Waals surface area (Å²) >= 11 is 7.22. The number of halogens is 1. The fourth-order valence-corrected chi connectivity index (χ4v) is 3.93. The lowest BCUT2D eigenvalue weighted by atomic mass is 10.1. The highest BCUT2D eigenvalue weighted by Gasteiger charge is 2.38. The predicted octanol–water partition coefficient (Wildman–Crippen LogP) is 4.52. The molecule has 0 fully saturated rings. The van der Waals surface area contributed by atoms with Gasteiger partial charge in [0.15, 0.2) is 4.47 Å². The second-order valence-corrected chi connectivity index (χ2v) is 7.59. The number of nitrogens with zero attached hydrogens (tertiary/aromatic N) is 2. The van der Waals surface area contributed by atoms with Crippen molar-refractivity contribution in [3.8, 4) is 0 Å². The summed E-state index contributed by atoms with van der Waals surface area (Å²) in [5, 5.41) is 3.22. The summed E-state index contributed by atoms with van der Waals surface area (Å²) in [4.78, 5) is 32.1. The number of nitrogens with one attached hydrogen (secondary N) is 1. The predicted molar refractivity (Wildman–Crippen MR) is 103 cm³/mol. The minimum Gasteiger partial charge on any atom is -0.379 e. The molecule has 0 atom stereocenters. The molecule has 26 heavy (non-hydrogen) atoms. The number of carbonyl (C=O) groups excluding carboxylic acids is 2. The molecule has 0 spiro atoms. The van der Waals surface area contributed by atoms with Crippen molar-refractivity contribution >= 4 is 46.1 Å². The first-order valence-corrected chi connectivity index (χ1v) is 9.17. The summed E-state index contributed by atoms with van der Waals surface area (Å²) in [6.07, 6.45) is 1.69. The van der Waals surface area contributed by atoms with Crippen LogP contribution in [0.2, 0.25) is 4.47 Å². The first kappa shape index (κ1) is 16.8. The van der Waals surface area contributed by atoms with Crippen LogP contribution in [0, 0.1) is 6.92 Å². The molecule has 1 aliphatic heterocycles. The molecule has 4 rings (SSSR count). The molecule has 0 bridgehead atoms. The van der Waals surface area contributed by atoms with E-state index in [1.807, 2.05) is 25.1 Å². The first-order valence-electron chi connectivity index (χ1n) is 7.98. The van der Waals surface area contributed by atoms with E-state index < -0.39 is 0 Å². The quantitative estimate of drug-likeness (QED) is 0.673. The van der Waals surface area contributed by atoms with E-state index in [1.54, 1.807) is 30.5 Å². The van der Waals surface area contributed by atoms with Crippen molar-refractivity contribution in [1.29, 1.82) is 0 Å². The van der Waals surface area contributed by atoms with Crippen LogP contribution >= 0.6 is 22.9 Å². The van der Waals surface area contributed by atoms with Crippen LogP contribution in [-0.4, -0.2) is 16.8 Å². The zero-order valence-corrected chi connectivity index (χ0v) is 15.4. The van der Waals surface area contributed by atoms with Crippen molar-refractivity contribution in [3.05, 3.63) is 74.7 Å². The Balaban J connectivity index is 1.68. The zero-order valence-electron chi connectivity index (χ0n) is 13.8. The maximum absolute atomic E-state index is 13.0. The molecule has 5 nitrogen and oxygen atoms in total. The number of aromatic nitrogens is 1. The van der Waals surface area contributed by atoms with Gasteiger partial charge < -0.3 is 5.32 Å². The molecule has 2 amide bonds. The third kappa shape index (κ3) is 2.77. The van der Waals surface area contributed by atoms with Crippen LogP contribution in [0.3, 0.4) is 0 Å². The number of amides is 2. The Morgan fingerprint density at radius 2 is 1.92 bits per heavy atom. The second-order valence-electron chi connectivity index (χ2n) is 5.89. The van der Waals surface area contributed by atoms with Crippen molar-refractivity contribution in [1.82, 2.24) is 4.98 Å². The van der Waals surface area contributed by atoms with Gasteiger partial charge in [-0.2, -0.15) is 0 Å². The molecule has 2 heterocycles. The minimum absolute atomic E-state index is 0.302. The summed E-state index contributed by atoms with van der Waals surface area (Å²) in [7, 11) is 0. The molecule has 3 aromatic rings. The number of para-hydroxylation sites is 1. The lowest BCUT2D eigenvalue weighted by molar-refractivity contribution is 0.0926. The van der Waals surface area contributed by atoms with Crippen LogP contribution in [0.25, 0.3) is 0 Å². The first-order chi connectivity index (χ1) is 12.6. The zero-order chi connectivity index (χ0) is 18.3. The van der Waals surface area contributed by atoms with Crippen molar-refractivity contribution in [2.24, 2.45) is 0 Å². The van der Waals surface area contributed by atoms with Gasteiger partial charge in [-0.25, -0.2) is 9.88 Å². The average molecular weight is 384 g/mol. The molecule has 0 unspecified atom stereocenters. The Labute approximate surface area is 159 Å². The van der Waals surface area contributed by atoms with Crippen LogP contribution < -0.4 is 10.2 Å². The number of carbonyl (C=O) groups is 2. The normalized spacial score (nSPS) is 13.2. The van der Waals surface area contributed by atoms with Gasteiger partial charge >= 0.3 is 0 Å². The highest BCUT2D eigenvalue weighted by molar-refractivity contribution is 7.15. The van der Waals surface area contributed by atoms with E-state index in [9.17, 15) is 9.59 Å². The number of thiazole rings is 1. The van der Waals surface area contributed by atoms with Gasteiger partial charge in [-0.1, -0.05) is 35.9 Å². The van der Waals surface area contributed by atoms with Gasteiger partial charge in [0.2, 0.25) is 0 Å². The fraction of sp³-hybridized carbons (Fsp3) is 0.105. The molecule has 2 aromatic carbocycles. The number of aryl methyl sites for hydroxylation is 1. The number of imide groups is 1. The van der Waals surface area contributed by atoms with Crippen LogP contribution in [0.5, 0.6) is 0 Å². The fourth-order valence-electron chi connectivity index (χ4n) is 3.01. The van der Waals surface area contributed by atoms with Crippen LogP contribution in [0.1, 0.15) is 31.2 Å². The maximum atomic E-state index is 13.0. The number of hydrogen-bond donors (Lipinski definition) is 1. The molecule has 1 N–H and O–H groups in total. The van der Waals surface area contributed by atoms with E-state index >= 15 is 0 Å². The third-order valence-electron chi connectivity index (χ3n) is 4.25. The molecule has 0 saturated carbocycles. The largest absolute Gasteiger partial charge is 0.379 e. The van der Waals surface area contributed by atoms with Crippen LogP contribution in [-0.2, 0) is 6.54 Å². The van der Waals surface area contributed by atoms with Crippen LogP contribution in [0.4, 0.5) is 11.4 Å². The van der Waals surface area contributed by atoms with E-state index in [2.05, 4.69) is 10.3 Å². The van der Waals surface area contributed by atoms with Crippen molar-refractivity contribution in [2.75, 3.05) is 10.2 Å². The molecule has 1 aromatic heterocycles. The summed E-state index contributed by atoms with van der Waals surface area (Å²) in [6.45, 7) is 2.36. The van der Waals surface area contributed by atoms with E-state index in [1.165, 1.54) is 16.2 Å². The highest BCUT2D eigenvalue weighted by Crippen LogP contribution is 2.34. The smallest absolute Gasteiger partial charge is 0.268 e. The molecule has 0 radical (unpaired) electrons. The number of fused-ring (bicyclic) bond motifs is 1. The molecule has 7 heteroatoms. The summed E-state index contributed by atoms with van der Waals surface area (Å²) in [6, 6.07) is 12.6. The van der Waals surface area contributed by atoms with Gasteiger partial charge in [0.1, 0.15) is 0 Å². The van der Waals surface area contributed by atoms with Gasteiger partial charge in [0, 0.05) is 16.8 Å². The minimum atomic E-state index is -0.315. The highest BCUT2D eigenvalue weighted by atomic mass is 35.5.